The zero-order valence-electron chi connectivity index (χ0n) is 22.9. The smallest absolute Gasteiger partial charge is 0.242 e. The minimum Gasteiger partial charge on any atom is -0.357 e. The van der Waals surface area contributed by atoms with Gasteiger partial charge in [-0.3, -0.25) is 13.9 Å². The number of sulfonamides is 1. The maximum atomic E-state index is 13.7. The molecule has 7 nitrogen and oxygen atoms in total. The van der Waals surface area contributed by atoms with Gasteiger partial charge in [-0.05, 0) is 60.7 Å². The van der Waals surface area contributed by atoms with Crippen LogP contribution in [-0.2, 0) is 32.6 Å². The lowest BCUT2D eigenvalue weighted by Crippen LogP contribution is -2.49. The zero-order valence-corrected chi connectivity index (χ0v) is 25.3. The second-order valence-corrected chi connectivity index (χ2v) is 12.5. The van der Waals surface area contributed by atoms with Gasteiger partial charge in [0, 0.05) is 37.5 Å². The molecule has 0 saturated heterocycles. The highest BCUT2D eigenvalue weighted by Crippen LogP contribution is 2.25. The monoisotopic (exact) mass is 613 g/mol. The van der Waals surface area contributed by atoms with Crippen LogP contribution in [0.3, 0.4) is 0 Å². The Kier molecular flexibility index (Phi) is 10.7. The third-order valence-corrected chi connectivity index (χ3v) is 8.22. The number of carbonyl (C=O) groups is 2. The van der Waals surface area contributed by atoms with Crippen molar-refractivity contribution in [3.63, 3.8) is 0 Å². The second-order valence-electron chi connectivity index (χ2n) is 9.70. The van der Waals surface area contributed by atoms with Crippen molar-refractivity contribution in [3.05, 3.63) is 99.5 Å². The van der Waals surface area contributed by atoms with Crippen LogP contribution in [-0.4, -0.2) is 51.0 Å². The van der Waals surface area contributed by atoms with Gasteiger partial charge in [0.2, 0.25) is 21.8 Å². The van der Waals surface area contributed by atoms with Crippen molar-refractivity contribution < 1.29 is 18.0 Å². The van der Waals surface area contributed by atoms with Gasteiger partial charge < -0.3 is 10.2 Å². The van der Waals surface area contributed by atoms with Crippen LogP contribution in [0.5, 0.6) is 0 Å². The predicted molar refractivity (Wildman–Crippen MR) is 160 cm³/mol. The van der Waals surface area contributed by atoms with Gasteiger partial charge in [-0.25, -0.2) is 8.42 Å². The number of hydrogen-bond donors (Lipinski definition) is 1. The zero-order chi connectivity index (χ0) is 28.6. The summed E-state index contributed by atoms with van der Waals surface area (Å²) in [4.78, 5) is 28.4. The van der Waals surface area contributed by atoms with E-state index in [0.717, 1.165) is 26.7 Å². The molecule has 208 valence electrons. The first kappa shape index (κ1) is 30.4. The van der Waals surface area contributed by atoms with E-state index >= 15 is 0 Å². The van der Waals surface area contributed by atoms with E-state index in [4.69, 9.17) is 0 Å². The summed E-state index contributed by atoms with van der Waals surface area (Å²) in [5.74, 6) is -0.468. The Labute approximate surface area is 240 Å². The molecule has 0 bridgehead atoms. The fourth-order valence-corrected chi connectivity index (χ4v) is 5.98. The molecule has 0 spiro atoms. The third kappa shape index (κ3) is 8.66. The Morgan fingerprint density at radius 2 is 1.64 bits per heavy atom. The average Bonchev–Trinajstić information content (AvgIpc) is 2.89. The molecule has 0 aliphatic carbocycles. The normalized spacial score (nSPS) is 12.0. The van der Waals surface area contributed by atoms with E-state index < -0.39 is 16.1 Å². The van der Waals surface area contributed by atoms with E-state index in [0.29, 0.717) is 18.5 Å². The van der Waals surface area contributed by atoms with Gasteiger partial charge >= 0.3 is 0 Å². The Morgan fingerprint density at radius 3 is 2.28 bits per heavy atom. The fraction of sp³-hybridized carbons (Fsp3) is 0.333. The van der Waals surface area contributed by atoms with Gasteiger partial charge in [-0.2, -0.15) is 0 Å². The first-order valence-electron chi connectivity index (χ1n) is 12.8. The van der Waals surface area contributed by atoms with Crippen molar-refractivity contribution in [2.75, 3.05) is 24.2 Å². The summed E-state index contributed by atoms with van der Waals surface area (Å²) in [5.41, 5.74) is 4.23. The van der Waals surface area contributed by atoms with E-state index in [1.54, 1.807) is 11.9 Å². The van der Waals surface area contributed by atoms with E-state index in [1.165, 1.54) is 10.6 Å². The molecule has 1 N–H and O–H groups in total. The summed E-state index contributed by atoms with van der Waals surface area (Å²) >= 11 is 3.49. The molecule has 9 heteroatoms. The number of likely N-dealkylation sites (N-methyl/N-ethyl adjacent to an activating group) is 1. The number of nitrogens with one attached hydrogen (secondary N) is 1. The topological polar surface area (TPSA) is 86.8 Å². The van der Waals surface area contributed by atoms with E-state index in [1.807, 2.05) is 86.6 Å². The highest BCUT2D eigenvalue weighted by Gasteiger charge is 2.30. The maximum absolute atomic E-state index is 13.7. The molecular weight excluding hydrogens is 578 g/mol. The number of carbonyl (C=O) groups excluding carboxylic acids is 2. The summed E-state index contributed by atoms with van der Waals surface area (Å²) < 4.78 is 27.6. The van der Waals surface area contributed by atoms with Crippen molar-refractivity contribution in [3.8, 4) is 0 Å². The predicted octanol–water partition coefficient (Wildman–Crippen LogP) is 5.00. The standard InChI is InChI=1S/C30H36BrN3O4S/c1-22-15-16-23(2)27(18-22)34(39(4,37)38)17-9-14-29(35)33(21-25-12-8-13-26(31)19-25)28(30(36)32-3)20-24-10-6-5-7-11-24/h5-8,10-13,15-16,18-19,28H,9,14,17,20-21H2,1-4H3,(H,32,36). The van der Waals surface area contributed by atoms with Crippen molar-refractivity contribution in [1.82, 2.24) is 10.2 Å². The van der Waals surface area contributed by atoms with Gasteiger partial charge in [-0.15, -0.1) is 0 Å². The number of nitrogens with zero attached hydrogens (tertiary/aromatic N) is 2. The average molecular weight is 615 g/mol. The second kappa shape index (κ2) is 13.8. The Morgan fingerprint density at radius 1 is 0.949 bits per heavy atom. The number of benzene rings is 3. The summed E-state index contributed by atoms with van der Waals surface area (Å²) in [6, 6.07) is 22.2. The molecule has 39 heavy (non-hydrogen) atoms. The molecule has 0 aliphatic heterocycles. The number of aryl methyl sites for hydroxylation is 2. The van der Waals surface area contributed by atoms with E-state index in [9.17, 15) is 18.0 Å². The molecule has 1 atom stereocenters. The SMILES string of the molecule is CNC(=O)C(Cc1ccccc1)N(Cc1cccc(Br)c1)C(=O)CCCN(c1cc(C)ccc1C)S(C)(=O)=O. The molecule has 0 heterocycles. The van der Waals surface area contributed by atoms with Gasteiger partial charge in [0.1, 0.15) is 6.04 Å². The molecule has 3 aromatic carbocycles. The summed E-state index contributed by atoms with van der Waals surface area (Å²) in [6.07, 6.45) is 1.93. The largest absolute Gasteiger partial charge is 0.357 e. The molecule has 0 radical (unpaired) electrons. The minimum absolute atomic E-state index is 0.0904. The summed E-state index contributed by atoms with van der Waals surface area (Å²) in [5, 5.41) is 2.72. The molecule has 3 rings (SSSR count). The maximum Gasteiger partial charge on any atom is 0.242 e. The summed E-state index contributed by atoms with van der Waals surface area (Å²) in [7, 11) is -2.00. The number of rotatable bonds is 12. The molecular formula is C30H36BrN3O4S. The van der Waals surface area contributed by atoms with Crippen molar-refractivity contribution in [2.24, 2.45) is 0 Å². The van der Waals surface area contributed by atoms with Crippen molar-refractivity contribution in [1.29, 1.82) is 0 Å². The third-order valence-electron chi connectivity index (χ3n) is 6.54. The highest BCUT2D eigenvalue weighted by molar-refractivity contribution is 9.10. The van der Waals surface area contributed by atoms with Crippen LogP contribution in [0.1, 0.15) is 35.1 Å². The first-order chi connectivity index (χ1) is 18.5. The molecule has 0 aliphatic rings. The fourth-order valence-electron chi connectivity index (χ4n) is 4.52. The van der Waals surface area contributed by atoms with Gasteiger partial charge in [0.15, 0.2) is 0 Å². The Hall–Kier alpha value is -3.17. The minimum atomic E-state index is -3.56. The molecule has 2 amide bonds. The number of halogens is 1. The Balaban J connectivity index is 1.86. The molecule has 0 fully saturated rings. The van der Waals surface area contributed by atoms with Crippen LogP contribution in [0.2, 0.25) is 0 Å². The molecule has 0 aromatic heterocycles. The van der Waals surface area contributed by atoms with Crippen LogP contribution in [0, 0.1) is 13.8 Å². The lowest BCUT2D eigenvalue weighted by Gasteiger charge is -2.32. The van der Waals surface area contributed by atoms with E-state index in [2.05, 4.69) is 21.2 Å². The summed E-state index contributed by atoms with van der Waals surface area (Å²) in [6.45, 7) is 4.19. The van der Waals surface area contributed by atoms with Crippen molar-refractivity contribution >= 4 is 43.5 Å². The number of amides is 2. The van der Waals surface area contributed by atoms with Crippen LogP contribution >= 0.6 is 15.9 Å². The first-order valence-corrected chi connectivity index (χ1v) is 15.5. The van der Waals surface area contributed by atoms with Crippen LogP contribution < -0.4 is 9.62 Å². The molecule has 0 saturated carbocycles. The van der Waals surface area contributed by atoms with Crippen LogP contribution in [0.15, 0.2) is 77.3 Å². The number of hydrogen-bond acceptors (Lipinski definition) is 4. The van der Waals surface area contributed by atoms with Gasteiger partial charge in [-0.1, -0.05) is 70.5 Å². The van der Waals surface area contributed by atoms with Gasteiger partial charge in [0.25, 0.3) is 0 Å². The van der Waals surface area contributed by atoms with Crippen molar-refractivity contribution in [2.45, 2.75) is 45.7 Å². The quantitative estimate of drug-likeness (QED) is 0.311. The lowest BCUT2D eigenvalue weighted by atomic mass is 10.0. The molecule has 3 aromatic rings. The number of anilines is 1. The lowest BCUT2D eigenvalue weighted by molar-refractivity contribution is -0.141. The van der Waals surface area contributed by atoms with Crippen LogP contribution in [0.4, 0.5) is 5.69 Å². The van der Waals surface area contributed by atoms with Gasteiger partial charge in [0.05, 0.1) is 11.9 Å². The molecule has 1 unspecified atom stereocenters. The van der Waals surface area contributed by atoms with Crippen LogP contribution in [0.25, 0.3) is 0 Å². The van der Waals surface area contributed by atoms with E-state index in [-0.39, 0.29) is 31.3 Å². The highest BCUT2D eigenvalue weighted by atomic mass is 79.9. The Bertz CT molecular complexity index is 1400.